The number of carbonyl (C=O) groups is 1. The van der Waals surface area contributed by atoms with Crippen LogP contribution in [0.15, 0.2) is 18.3 Å². The van der Waals surface area contributed by atoms with Crippen LogP contribution in [0.5, 0.6) is 5.75 Å². The van der Waals surface area contributed by atoms with Crippen molar-refractivity contribution in [3.05, 3.63) is 24.0 Å². The van der Waals surface area contributed by atoms with Gasteiger partial charge in [0, 0.05) is 5.69 Å². The number of hydrogen-bond donors (Lipinski definition) is 0. The molecule has 2 aliphatic carbocycles. The fourth-order valence-corrected chi connectivity index (χ4v) is 6.73. The fourth-order valence-electron chi connectivity index (χ4n) is 6.73. The smallest absolute Gasteiger partial charge is 0.314 e. The Hall–Kier alpha value is -1.38. The lowest BCUT2D eigenvalue weighted by Gasteiger charge is -2.31. The molecule has 3 heteroatoms. The first kappa shape index (κ1) is 30.2. The lowest BCUT2D eigenvalue weighted by molar-refractivity contribution is -0.140. The number of rotatable bonds is 17. The van der Waals surface area contributed by atoms with Crippen molar-refractivity contribution in [2.24, 2.45) is 23.7 Å². The molecule has 3 rings (SSSR count). The molecule has 0 saturated heterocycles. The van der Waals surface area contributed by atoms with Gasteiger partial charge in [-0.15, -0.1) is 0 Å². The summed E-state index contributed by atoms with van der Waals surface area (Å²) in [6.07, 6.45) is 30.8. The minimum Gasteiger partial charge on any atom is -0.425 e. The molecule has 0 N–H and O–H groups in total. The highest BCUT2D eigenvalue weighted by Crippen LogP contribution is 2.38. The first-order valence-electron chi connectivity index (χ1n) is 16.3. The third-order valence-corrected chi connectivity index (χ3v) is 9.40. The van der Waals surface area contributed by atoms with Gasteiger partial charge >= 0.3 is 5.97 Å². The first-order valence-corrected chi connectivity index (χ1v) is 16.3. The molecule has 0 radical (unpaired) electrons. The maximum absolute atomic E-state index is 12.7. The Morgan fingerprint density at radius 1 is 0.703 bits per heavy atom. The summed E-state index contributed by atoms with van der Waals surface area (Å²) in [6, 6.07) is 3.96. The number of aromatic nitrogens is 1. The number of esters is 1. The highest BCUT2D eigenvalue weighted by Gasteiger charge is 2.29. The summed E-state index contributed by atoms with van der Waals surface area (Å²) >= 11 is 0. The zero-order valence-electron chi connectivity index (χ0n) is 24.4. The van der Waals surface area contributed by atoms with E-state index < -0.39 is 0 Å². The zero-order valence-corrected chi connectivity index (χ0v) is 24.4. The molecular weight excluding hydrogens is 454 g/mol. The number of carbonyl (C=O) groups excluding carboxylic acids is 1. The van der Waals surface area contributed by atoms with E-state index in [0.717, 1.165) is 42.7 Å². The number of ether oxygens (including phenoxy) is 1. The van der Waals surface area contributed by atoms with E-state index >= 15 is 0 Å². The molecule has 37 heavy (non-hydrogen) atoms. The number of hydrogen-bond acceptors (Lipinski definition) is 3. The van der Waals surface area contributed by atoms with Crippen molar-refractivity contribution in [3.63, 3.8) is 0 Å². The van der Waals surface area contributed by atoms with Crippen LogP contribution in [-0.4, -0.2) is 11.0 Å². The number of aryl methyl sites for hydroxylation is 1. The van der Waals surface area contributed by atoms with Gasteiger partial charge in [-0.3, -0.25) is 9.78 Å². The van der Waals surface area contributed by atoms with Gasteiger partial charge in [0.1, 0.15) is 5.75 Å². The molecule has 1 aromatic rings. The molecule has 1 aromatic heterocycles. The van der Waals surface area contributed by atoms with Crippen molar-refractivity contribution < 1.29 is 9.53 Å². The SMILES string of the molecule is CCCCCCCc1ccc(OC(=O)C2CCC(CCC3CCC(CCCCCCC)CC3)CC2)cn1. The summed E-state index contributed by atoms with van der Waals surface area (Å²) in [7, 11) is 0. The Morgan fingerprint density at radius 2 is 1.24 bits per heavy atom. The van der Waals surface area contributed by atoms with E-state index in [4.69, 9.17) is 4.74 Å². The molecule has 0 unspecified atom stereocenters. The molecule has 0 amide bonds. The van der Waals surface area contributed by atoms with Crippen molar-refractivity contribution in [1.82, 2.24) is 4.98 Å². The third kappa shape index (κ3) is 11.9. The Kier molecular flexibility index (Phi) is 14.7. The Morgan fingerprint density at radius 3 is 1.81 bits per heavy atom. The van der Waals surface area contributed by atoms with Gasteiger partial charge in [-0.1, -0.05) is 117 Å². The van der Waals surface area contributed by atoms with Gasteiger partial charge in [-0.25, -0.2) is 0 Å². The predicted molar refractivity (Wildman–Crippen MR) is 156 cm³/mol. The highest BCUT2D eigenvalue weighted by atomic mass is 16.5. The second-order valence-electron chi connectivity index (χ2n) is 12.5. The molecule has 2 saturated carbocycles. The predicted octanol–water partition coefficient (Wildman–Crippen LogP) is 10.3. The van der Waals surface area contributed by atoms with Crippen LogP contribution in [0.3, 0.4) is 0 Å². The van der Waals surface area contributed by atoms with Crippen LogP contribution in [0.25, 0.3) is 0 Å². The van der Waals surface area contributed by atoms with E-state index in [2.05, 4.69) is 18.8 Å². The molecule has 3 nitrogen and oxygen atoms in total. The number of unbranched alkanes of at least 4 members (excludes halogenated alkanes) is 8. The molecular formula is C34H57NO2. The van der Waals surface area contributed by atoms with Gasteiger partial charge in [0.2, 0.25) is 0 Å². The van der Waals surface area contributed by atoms with Crippen molar-refractivity contribution in [2.45, 2.75) is 155 Å². The molecule has 0 bridgehead atoms. The van der Waals surface area contributed by atoms with Crippen LogP contribution < -0.4 is 4.74 Å². The van der Waals surface area contributed by atoms with E-state index in [1.54, 1.807) is 6.20 Å². The minimum absolute atomic E-state index is 0.0411. The summed E-state index contributed by atoms with van der Waals surface area (Å²) < 4.78 is 5.71. The summed E-state index contributed by atoms with van der Waals surface area (Å²) in [6.45, 7) is 4.55. The van der Waals surface area contributed by atoms with Gasteiger partial charge in [0.05, 0.1) is 12.1 Å². The van der Waals surface area contributed by atoms with Gasteiger partial charge in [-0.05, 0) is 68.4 Å². The molecule has 1 heterocycles. The molecule has 0 spiro atoms. The molecule has 0 aliphatic heterocycles. The van der Waals surface area contributed by atoms with E-state index in [9.17, 15) is 4.79 Å². The van der Waals surface area contributed by atoms with Crippen molar-refractivity contribution in [3.8, 4) is 5.75 Å². The summed E-state index contributed by atoms with van der Waals surface area (Å²) in [5, 5.41) is 0. The third-order valence-electron chi connectivity index (χ3n) is 9.40. The van der Waals surface area contributed by atoms with Crippen LogP contribution in [0.4, 0.5) is 0 Å². The Bertz CT molecular complexity index is 714. The second-order valence-corrected chi connectivity index (χ2v) is 12.5. The normalized spacial score (nSPS) is 24.2. The van der Waals surface area contributed by atoms with E-state index in [0.29, 0.717) is 5.75 Å². The first-order chi connectivity index (χ1) is 18.2. The Labute approximate surface area is 228 Å². The molecule has 0 aromatic carbocycles. The zero-order chi connectivity index (χ0) is 26.1. The van der Waals surface area contributed by atoms with E-state index in [1.165, 1.54) is 122 Å². The molecule has 210 valence electrons. The van der Waals surface area contributed by atoms with Gasteiger partial charge in [0.15, 0.2) is 0 Å². The lowest BCUT2D eigenvalue weighted by atomic mass is 9.75. The van der Waals surface area contributed by atoms with Crippen molar-refractivity contribution >= 4 is 5.97 Å². The standard InChI is InChI=1S/C34H57NO2/c1-3-5-7-9-11-13-28-15-17-29(18-16-28)19-20-30-21-23-31(24-22-30)34(36)37-33-26-25-32(35-27-33)14-12-10-8-6-4-2/h25-31H,3-24H2,1-2H3. The van der Waals surface area contributed by atoms with Crippen LogP contribution in [0.2, 0.25) is 0 Å². The van der Waals surface area contributed by atoms with E-state index in [1.807, 2.05) is 12.1 Å². The quantitative estimate of drug-likeness (QED) is 0.154. The van der Waals surface area contributed by atoms with Gasteiger partial charge in [0.25, 0.3) is 0 Å². The minimum atomic E-state index is -0.0411. The van der Waals surface area contributed by atoms with Gasteiger partial charge in [-0.2, -0.15) is 0 Å². The average molecular weight is 512 g/mol. The largest absolute Gasteiger partial charge is 0.425 e. The van der Waals surface area contributed by atoms with Crippen molar-refractivity contribution in [1.29, 1.82) is 0 Å². The topological polar surface area (TPSA) is 39.2 Å². The average Bonchev–Trinajstić information content (AvgIpc) is 2.93. The lowest BCUT2D eigenvalue weighted by Crippen LogP contribution is -2.26. The number of nitrogens with zero attached hydrogens (tertiary/aromatic N) is 1. The monoisotopic (exact) mass is 511 g/mol. The second kappa shape index (κ2) is 18.0. The summed E-state index contributed by atoms with van der Waals surface area (Å²) in [5.74, 6) is 3.44. The molecule has 2 fully saturated rings. The molecule has 0 atom stereocenters. The highest BCUT2D eigenvalue weighted by molar-refractivity contribution is 5.75. The maximum Gasteiger partial charge on any atom is 0.314 e. The van der Waals surface area contributed by atoms with Crippen LogP contribution in [0.1, 0.15) is 154 Å². The van der Waals surface area contributed by atoms with Gasteiger partial charge < -0.3 is 4.74 Å². The number of pyridine rings is 1. The molecule has 2 aliphatic rings. The van der Waals surface area contributed by atoms with E-state index in [-0.39, 0.29) is 11.9 Å². The van der Waals surface area contributed by atoms with Crippen molar-refractivity contribution in [2.75, 3.05) is 0 Å². The van der Waals surface area contributed by atoms with Crippen LogP contribution >= 0.6 is 0 Å². The fraction of sp³-hybridized carbons (Fsp3) is 0.824. The Balaban J connectivity index is 1.24. The maximum atomic E-state index is 12.7. The summed E-state index contributed by atoms with van der Waals surface area (Å²) in [5.41, 5.74) is 1.10. The summed E-state index contributed by atoms with van der Waals surface area (Å²) in [4.78, 5) is 17.3. The van der Waals surface area contributed by atoms with Crippen LogP contribution in [0, 0.1) is 23.7 Å². The van der Waals surface area contributed by atoms with Crippen LogP contribution in [-0.2, 0) is 11.2 Å².